The van der Waals surface area contributed by atoms with Gasteiger partial charge in [-0.1, -0.05) is 20.8 Å². The Labute approximate surface area is 76.9 Å². The normalized spacial score (nSPS) is 11.5. The highest BCUT2D eigenvalue weighted by Gasteiger charge is 2.30. The van der Waals surface area contributed by atoms with Crippen molar-refractivity contribution in [1.82, 2.24) is 6.15 Å². The van der Waals surface area contributed by atoms with Crippen LogP contribution in [0.15, 0.2) is 0 Å². The minimum atomic E-state index is -0.0538. The van der Waals surface area contributed by atoms with E-state index in [2.05, 4.69) is 34.6 Å². The number of halogens is 1. The fourth-order valence-corrected chi connectivity index (χ4v) is 0.456. The fourth-order valence-electron chi connectivity index (χ4n) is 0.456. The van der Waals surface area contributed by atoms with Crippen LogP contribution in [0.25, 0.3) is 0 Å². The molecule has 0 saturated carbocycles. The van der Waals surface area contributed by atoms with E-state index in [-0.39, 0.29) is 29.5 Å². The quantitative estimate of drug-likeness (QED) is 0.690. The van der Waals surface area contributed by atoms with Crippen LogP contribution in [0.1, 0.15) is 41.0 Å². The molecule has 0 unspecified atom stereocenters. The Morgan fingerprint density at radius 2 is 1.36 bits per heavy atom. The minimum absolute atomic E-state index is 0. The number of hydrogen-bond donors (Lipinski definition) is 2. The summed E-state index contributed by atoms with van der Waals surface area (Å²) in [5, 5.41) is 0. The van der Waals surface area contributed by atoms with Crippen LogP contribution in [0.3, 0.4) is 0 Å². The molecule has 0 aromatic rings. The van der Waals surface area contributed by atoms with Crippen molar-refractivity contribution >= 4 is 12.4 Å². The molecule has 11 heavy (non-hydrogen) atoms. The molecule has 0 rings (SSSR count). The van der Waals surface area contributed by atoms with Crippen molar-refractivity contribution in [3.63, 3.8) is 0 Å². The fraction of sp³-hybridized carbons (Fsp3) is 1.00. The molecule has 0 aromatic carbocycles. The van der Waals surface area contributed by atoms with Crippen molar-refractivity contribution in [1.29, 1.82) is 0 Å². The van der Waals surface area contributed by atoms with E-state index in [1.165, 1.54) is 0 Å². The number of hydrogen-bond acceptors (Lipinski definition) is 2. The zero-order valence-corrected chi connectivity index (χ0v) is 9.22. The summed E-state index contributed by atoms with van der Waals surface area (Å²) in [6.45, 7) is 10.7. The second-order valence-corrected chi connectivity index (χ2v) is 3.96. The van der Waals surface area contributed by atoms with Gasteiger partial charge in [-0.15, -0.1) is 12.4 Å². The third-order valence-electron chi connectivity index (χ3n) is 2.63. The summed E-state index contributed by atoms with van der Waals surface area (Å²) in [5.41, 5.74) is 6.13. The molecule has 0 spiro atoms. The van der Waals surface area contributed by atoms with E-state index in [1.807, 2.05) is 0 Å². The Balaban J connectivity index is -0.000000320. The number of rotatable bonds is 2. The molecule has 0 amide bonds. The molecule has 0 fully saturated rings. The monoisotopic (exact) mass is 182 g/mol. The molecule has 0 aliphatic carbocycles. The van der Waals surface area contributed by atoms with Gasteiger partial charge in [0, 0.05) is 5.54 Å². The van der Waals surface area contributed by atoms with E-state index in [1.54, 1.807) is 0 Å². The maximum Gasteiger partial charge on any atom is 0.0148 e. The molecular weight excluding hydrogens is 160 g/mol. The summed E-state index contributed by atoms with van der Waals surface area (Å²) in [4.78, 5) is 0. The molecule has 0 heterocycles. The molecule has 72 valence electrons. The van der Waals surface area contributed by atoms with Gasteiger partial charge in [0.15, 0.2) is 0 Å². The Morgan fingerprint density at radius 3 is 1.36 bits per heavy atom. The molecule has 0 aliphatic heterocycles. The van der Waals surface area contributed by atoms with E-state index >= 15 is 0 Å². The summed E-state index contributed by atoms with van der Waals surface area (Å²) in [5.74, 6) is 0. The first-order valence-electron chi connectivity index (χ1n) is 3.60. The van der Waals surface area contributed by atoms with E-state index in [4.69, 9.17) is 5.73 Å². The molecule has 0 bridgehead atoms. The first-order valence-corrected chi connectivity index (χ1v) is 3.60. The maximum atomic E-state index is 5.92. The van der Waals surface area contributed by atoms with Gasteiger partial charge < -0.3 is 11.9 Å². The Morgan fingerprint density at radius 1 is 1.09 bits per heavy atom. The van der Waals surface area contributed by atoms with Crippen molar-refractivity contribution in [2.45, 2.75) is 46.6 Å². The summed E-state index contributed by atoms with van der Waals surface area (Å²) >= 11 is 0. The average Bonchev–Trinajstić information content (AvgIpc) is 1.64. The van der Waals surface area contributed by atoms with Crippen LogP contribution in [0.4, 0.5) is 0 Å². The molecule has 0 aromatic heterocycles. The van der Waals surface area contributed by atoms with Crippen molar-refractivity contribution in [2.24, 2.45) is 11.1 Å². The van der Waals surface area contributed by atoms with Crippen molar-refractivity contribution < 1.29 is 0 Å². The highest BCUT2D eigenvalue weighted by Crippen LogP contribution is 2.30. The lowest BCUT2D eigenvalue weighted by molar-refractivity contribution is 0.194. The van der Waals surface area contributed by atoms with Crippen molar-refractivity contribution in [2.75, 3.05) is 0 Å². The molecule has 3 heteroatoms. The second kappa shape index (κ2) is 4.96. The summed E-state index contributed by atoms with van der Waals surface area (Å²) in [7, 11) is 0. The topological polar surface area (TPSA) is 61.0 Å². The predicted molar refractivity (Wildman–Crippen MR) is 54.6 cm³/mol. The molecule has 0 atom stereocenters. The van der Waals surface area contributed by atoms with Gasteiger partial charge >= 0.3 is 0 Å². The minimum Gasteiger partial charge on any atom is -0.344 e. The van der Waals surface area contributed by atoms with Crippen molar-refractivity contribution in [3.05, 3.63) is 0 Å². The average molecular weight is 183 g/mol. The van der Waals surface area contributed by atoms with Crippen LogP contribution in [0.5, 0.6) is 0 Å². The van der Waals surface area contributed by atoms with Crippen LogP contribution >= 0.6 is 12.4 Å². The first kappa shape index (κ1) is 17.3. The lowest BCUT2D eigenvalue weighted by Gasteiger charge is -2.37. The van der Waals surface area contributed by atoms with E-state index in [9.17, 15) is 0 Å². The van der Waals surface area contributed by atoms with Gasteiger partial charge in [-0.2, -0.15) is 0 Å². The van der Waals surface area contributed by atoms with Gasteiger partial charge in [0.05, 0.1) is 0 Å². The lowest BCUT2D eigenvalue weighted by Crippen LogP contribution is -2.46. The van der Waals surface area contributed by atoms with E-state index < -0.39 is 0 Å². The molecule has 0 radical (unpaired) electrons. The molecule has 0 saturated heterocycles. The van der Waals surface area contributed by atoms with Gasteiger partial charge in [-0.3, -0.25) is 0 Å². The zero-order chi connectivity index (χ0) is 7.71. The Kier molecular flexibility index (Phi) is 7.82. The van der Waals surface area contributed by atoms with Gasteiger partial charge in [0.25, 0.3) is 0 Å². The van der Waals surface area contributed by atoms with Crippen LogP contribution in [-0.4, -0.2) is 5.54 Å². The summed E-state index contributed by atoms with van der Waals surface area (Å²) in [6.07, 6.45) is 1.14. The smallest absolute Gasteiger partial charge is 0.0148 e. The molecular formula is C8H23ClN2. The van der Waals surface area contributed by atoms with Crippen molar-refractivity contribution in [3.8, 4) is 0 Å². The van der Waals surface area contributed by atoms with Crippen LogP contribution in [0, 0.1) is 5.41 Å². The first-order chi connectivity index (χ1) is 3.81. The molecule has 5 N–H and O–H groups in total. The van der Waals surface area contributed by atoms with Gasteiger partial charge in [-0.05, 0) is 25.7 Å². The standard InChI is InChI=1S/C8H19N.ClH.H3N/c1-6-7(2,3)8(4,5)9;;/h6,9H2,1-5H3;1H;1H3. The molecule has 2 nitrogen and oxygen atoms in total. The molecule has 0 aliphatic rings. The predicted octanol–water partition coefficient (Wildman–Crippen LogP) is 2.74. The third kappa shape index (κ3) is 4.62. The largest absolute Gasteiger partial charge is 0.344 e. The summed E-state index contributed by atoms with van der Waals surface area (Å²) < 4.78 is 0. The van der Waals surface area contributed by atoms with Gasteiger partial charge in [0.2, 0.25) is 0 Å². The number of nitrogens with two attached hydrogens (primary N) is 1. The van der Waals surface area contributed by atoms with E-state index in [0.717, 1.165) is 6.42 Å². The van der Waals surface area contributed by atoms with Crippen LogP contribution in [-0.2, 0) is 0 Å². The maximum absolute atomic E-state index is 5.92. The van der Waals surface area contributed by atoms with Gasteiger partial charge in [-0.25, -0.2) is 0 Å². The van der Waals surface area contributed by atoms with Crippen LogP contribution in [0.2, 0.25) is 0 Å². The SMILES string of the molecule is CCC(C)(C)C(C)(C)N.Cl.N. The van der Waals surface area contributed by atoms with Gasteiger partial charge in [0.1, 0.15) is 0 Å². The highest BCUT2D eigenvalue weighted by molar-refractivity contribution is 5.85. The highest BCUT2D eigenvalue weighted by atomic mass is 35.5. The Hall–Kier alpha value is 0.210. The van der Waals surface area contributed by atoms with E-state index in [0.29, 0.717) is 0 Å². The second-order valence-electron chi connectivity index (χ2n) is 3.96. The zero-order valence-electron chi connectivity index (χ0n) is 8.40. The summed E-state index contributed by atoms with van der Waals surface area (Å²) in [6, 6.07) is 0. The van der Waals surface area contributed by atoms with Crippen LogP contribution < -0.4 is 11.9 Å². The lowest BCUT2D eigenvalue weighted by atomic mass is 9.73. The third-order valence-corrected chi connectivity index (χ3v) is 2.63. The Bertz CT molecular complexity index is 94.8.